The van der Waals surface area contributed by atoms with Crippen LogP contribution in [0.25, 0.3) is 10.9 Å². The Bertz CT molecular complexity index is 1580. The summed E-state index contributed by atoms with van der Waals surface area (Å²) in [5.41, 5.74) is 7.25. The van der Waals surface area contributed by atoms with Gasteiger partial charge in [-0.15, -0.1) is 0 Å². The van der Waals surface area contributed by atoms with Crippen LogP contribution in [0.15, 0.2) is 84.9 Å². The molecule has 1 aromatic heterocycles. The van der Waals surface area contributed by atoms with E-state index in [2.05, 4.69) is 15.6 Å². The second-order valence-electron chi connectivity index (χ2n) is 8.07. The Labute approximate surface area is 223 Å². The van der Waals surface area contributed by atoms with Crippen LogP contribution in [-0.2, 0) is 15.8 Å². The summed E-state index contributed by atoms with van der Waals surface area (Å²) in [5.74, 6) is -3.40. The third-order valence-electron chi connectivity index (χ3n) is 5.18. The number of aromatic amines is 1. The summed E-state index contributed by atoms with van der Waals surface area (Å²) in [7, 11) is 0. The van der Waals surface area contributed by atoms with Crippen molar-refractivity contribution >= 4 is 51.7 Å². The van der Waals surface area contributed by atoms with Crippen molar-refractivity contribution in [3.63, 3.8) is 0 Å². The molecule has 13 heteroatoms. The summed E-state index contributed by atoms with van der Waals surface area (Å²) in [5, 5.41) is 21.3. The first-order valence-corrected chi connectivity index (χ1v) is 11.2. The van der Waals surface area contributed by atoms with Gasteiger partial charge in [0.25, 0.3) is 11.8 Å². The molecule has 0 saturated carbocycles. The number of nitrogen functional groups attached to an aromatic ring is 1. The monoisotopic (exact) mass is 554 g/mol. The molecule has 4 rings (SSSR count). The van der Waals surface area contributed by atoms with E-state index in [9.17, 15) is 32.3 Å². The third-order valence-corrected chi connectivity index (χ3v) is 5.18. The number of fused-ring (bicyclic) bond motifs is 1. The predicted octanol–water partition coefficient (Wildman–Crippen LogP) is 4.99. The number of hydrogen-bond acceptors (Lipinski definition) is 5. The third kappa shape index (κ3) is 7.95. The molecule has 0 bridgehead atoms. The second kappa shape index (κ2) is 12.3. The van der Waals surface area contributed by atoms with Crippen LogP contribution in [0.5, 0.6) is 0 Å². The maximum Gasteiger partial charge on any atom is 0.416 e. The van der Waals surface area contributed by atoms with Crippen molar-refractivity contribution in [2.75, 3.05) is 16.4 Å². The van der Waals surface area contributed by atoms with Gasteiger partial charge in [0.2, 0.25) is 0 Å². The molecule has 0 spiro atoms. The van der Waals surface area contributed by atoms with Crippen LogP contribution in [-0.4, -0.2) is 39.0 Å². The number of carboxylic acid groups (broad SMARTS) is 2. The van der Waals surface area contributed by atoms with Gasteiger partial charge in [0.15, 0.2) is 0 Å². The fraction of sp³-hybridized carbons (Fsp3) is 0.0370. The summed E-state index contributed by atoms with van der Waals surface area (Å²) in [4.78, 5) is 46.8. The van der Waals surface area contributed by atoms with Crippen molar-refractivity contribution in [1.29, 1.82) is 0 Å². The summed E-state index contributed by atoms with van der Waals surface area (Å²) < 4.78 is 38.6. The van der Waals surface area contributed by atoms with Gasteiger partial charge in [-0.2, -0.15) is 13.2 Å². The number of rotatable bonds is 6. The molecule has 0 saturated heterocycles. The molecule has 0 radical (unpaired) electrons. The van der Waals surface area contributed by atoms with Gasteiger partial charge < -0.3 is 31.6 Å². The van der Waals surface area contributed by atoms with E-state index in [-0.39, 0.29) is 17.0 Å². The van der Waals surface area contributed by atoms with Crippen molar-refractivity contribution in [2.24, 2.45) is 0 Å². The van der Waals surface area contributed by atoms with Gasteiger partial charge in [-0.05, 0) is 60.7 Å². The molecule has 0 aliphatic heterocycles. The van der Waals surface area contributed by atoms with E-state index < -0.39 is 29.6 Å². The number of alkyl halides is 3. The number of nitrogens with one attached hydrogen (secondary N) is 3. The Kier molecular flexibility index (Phi) is 8.91. The van der Waals surface area contributed by atoms with Gasteiger partial charge in [0.1, 0.15) is 5.69 Å². The molecule has 206 valence electrons. The highest BCUT2D eigenvalue weighted by Crippen LogP contribution is 2.31. The number of nitrogens with two attached hydrogens (primary N) is 1. The number of anilines is 3. The minimum Gasteiger partial charge on any atom is -0.478 e. The van der Waals surface area contributed by atoms with E-state index in [4.69, 9.17) is 15.9 Å². The molecule has 0 aliphatic carbocycles. The molecule has 0 unspecified atom stereocenters. The molecule has 7 N–H and O–H groups in total. The molecule has 3 aromatic carbocycles. The maximum atomic E-state index is 12.9. The molecule has 0 atom stereocenters. The van der Waals surface area contributed by atoms with Crippen LogP contribution in [0.1, 0.15) is 26.4 Å². The first-order chi connectivity index (χ1) is 18.8. The summed E-state index contributed by atoms with van der Waals surface area (Å²) >= 11 is 0. The van der Waals surface area contributed by atoms with Crippen molar-refractivity contribution in [3.05, 3.63) is 102 Å². The van der Waals surface area contributed by atoms with Crippen LogP contribution in [0.3, 0.4) is 0 Å². The minimum atomic E-state index is -4.46. The van der Waals surface area contributed by atoms with Gasteiger partial charge >= 0.3 is 18.1 Å². The molecule has 0 aliphatic rings. The molecule has 10 nitrogen and oxygen atoms in total. The molecular weight excluding hydrogens is 533 g/mol. The molecular formula is C27H21F3N4O6. The zero-order valence-corrected chi connectivity index (χ0v) is 20.3. The minimum absolute atomic E-state index is 0.112. The average molecular weight is 554 g/mol. The Morgan fingerprint density at radius 1 is 0.800 bits per heavy atom. The smallest absolute Gasteiger partial charge is 0.416 e. The molecule has 40 heavy (non-hydrogen) atoms. The standard InChI is InChI=1S/C23H17F3N4O2.C4H4O4/c24-23(25,26)15-7-10-18-14(11-15)12-20(29-18)22(32)28-16-8-5-13(6-9-16)21(31)30-19-4-2-1-3-17(19)27;5-3(6)1-2-4(7)8/h1-12,29H,27H2,(H,28,32)(H,30,31);1-2H,(H,5,6)(H,7,8). The zero-order chi connectivity index (χ0) is 29.4. The van der Waals surface area contributed by atoms with E-state index in [1.54, 1.807) is 36.4 Å². The Balaban J connectivity index is 0.000000482. The molecule has 1 heterocycles. The van der Waals surface area contributed by atoms with Gasteiger partial charge in [0.05, 0.1) is 16.9 Å². The Morgan fingerprint density at radius 3 is 2.00 bits per heavy atom. The summed E-state index contributed by atoms with van der Waals surface area (Å²) in [6.07, 6.45) is -3.35. The normalized spacial score (nSPS) is 11.0. The number of hydrogen-bond donors (Lipinski definition) is 6. The summed E-state index contributed by atoms with van der Waals surface area (Å²) in [6.45, 7) is 0. The average Bonchev–Trinajstić information content (AvgIpc) is 3.33. The first kappa shape index (κ1) is 29.0. The lowest BCUT2D eigenvalue weighted by Gasteiger charge is -2.09. The number of amides is 2. The highest BCUT2D eigenvalue weighted by molar-refractivity contribution is 6.07. The van der Waals surface area contributed by atoms with E-state index in [1.807, 2.05) is 0 Å². The van der Waals surface area contributed by atoms with Gasteiger partial charge in [-0.1, -0.05) is 12.1 Å². The Morgan fingerprint density at radius 2 is 1.43 bits per heavy atom. The van der Waals surface area contributed by atoms with Crippen molar-refractivity contribution < 1.29 is 42.6 Å². The van der Waals surface area contributed by atoms with Gasteiger partial charge in [0, 0.05) is 34.3 Å². The first-order valence-electron chi connectivity index (χ1n) is 11.2. The number of carbonyl (C=O) groups excluding carboxylic acids is 2. The fourth-order valence-corrected chi connectivity index (χ4v) is 3.28. The second-order valence-corrected chi connectivity index (χ2v) is 8.07. The van der Waals surface area contributed by atoms with Crippen LogP contribution < -0.4 is 16.4 Å². The van der Waals surface area contributed by atoms with E-state index in [1.165, 1.54) is 24.3 Å². The van der Waals surface area contributed by atoms with Crippen LogP contribution in [0.4, 0.5) is 30.2 Å². The summed E-state index contributed by atoms with van der Waals surface area (Å²) in [6, 6.07) is 17.6. The van der Waals surface area contributed by atoms with Crippen molar-refractivity contribution in [2.45, 2.75) is 6.18 Å². The number of para-hydroxylation sites is 2. The van der Waals surface area contributed by atoms with Crippen molar-refractivity contribution in [1.82, 2.24) is 4.98 Å². The SMILES string of the molecule is Nc1ccccc1NC(=O)c1ccc(NC(=O)c2cc3cc(C(F)(F)F)ccc3[nH]2)cc1.O=C(O)C=CC(=O)O. The number of halogens is 3. The van der Waals surface area contributed by atoms with Crippen molar-refractivity contribution in [3.8, 4) is 0 Å². The number of carboxylic acids is 2. The Hall–Kier alpha value is -5.59. The number of benzene rings is 3. The van der Waals surface area contributed by atoms with E-state index in [0.717, 1.165) is 12.1 Å². The van der Waals surface area contributed by atoms with Gasteiger partial charge in [-0.3, -0.25) is 9.59 Å². The van der Waals surface area contributed by atoms with Crippen LogP contribution in [0.2, 0.25) is 0 Å². The molecule has 4 aromatic rings. The number of carbonyl (C=O) groups is 4. The predicted molar refractivity (Wildman–Crippen MR) is 141 cm³/mol. The highest BCUT2D eigenvalue weighted by atomic mass is 19.4. The fourth-order valence-electron chi connectivity index (χ4n) is 3.28. The van der Waals surface area contributed by atoms with E-state index in [0.29, 0.717) is 40.3 Å². The maximum absolute atomic E-state index is 12.9. The van der Waals surface area contributed by atoms with Crippen LogP contribution >= 0.6 is 0 Å². The number of H-pyrrole nitrogens is 1. The quantitative estimate of drug-likeness (QED) is 0.144. The molecule has 0 fully saturated rings. The highest BCUT2D eigenvalue weighted by Gasteiger charge is 2.30. The zero-order valence-electron chi connectivity index (χ0n) is 20.3. The number of aromatic nitrogens is 1. The van der Waals surface area contributed by atoms with Gasteiger partial charge in [-0.25, -0.2) is 9.59 Å². The van der Waals surface area contributed by atoms with E-state index >= 15 is 0 Å². The molecule has 2 amide bonds. The lowest BCUT2D eigenvalue weighted by atomic mass is 10.1. The lowest BCUT2D eigenvalue weighted by molar-refractivity contribution is -0.137. The largest absolute Gasteiger partial charge is 0.478 e. The lowest BCUT2D eigenvalue weighted by Crippen LogP contribution is -2.14. The topological polar surface area (TPSA) is 175 Å². The number of aliphatic carboxylic acids is 2. The van der Waals surface area contributed by atoms with Crippen LogP contribution in [0, 0.1) is 0 Å².